The molecule has 6 nitrogen and oxygen atoms in total. The summed E-state index contributed by atoms with van der Waals surface area (Å²) in [6, 6.07) is 12.2. The third kappa shape index (κ3) is 3.93. The first kappa shape index (κ1) is 19.7. The molecule has 1 saturated heterocycles. The van der Waals surface area contributed by atoms with Gasteiger partial charge in [-0.15, -0.1) is 0 Å². The zero-order chi connectivity index (χ0) is 20.4. The zero-order valence-corrected chi connectivity index (χ0v) is 17.6. The Balaban J connectivity index is 1.55. The Labute approximate surface area is 174 Å². The number of carbonyl (C=O) groups excluding carboxylic acids is 1. The second-order valence-corrected chi connectivity index (χ2v) is 8.19. The molecular formula is C22H25N2O4S+. The molecule has 2 aliphatic heterocycles. The minimum Gasteiger partial charge on any atom is -0.493 e. The van der Waals surface area contributed by atoms with Crippen LogP contribution in [0.2, 0.25) is 0 Å². The molecule has 4 rings (SSSR count). The number of fused-ring (bicyclic) bond motifs is 1. The average molecular weight is 414 g/mol. The molecule has 2 aromatic carbocycles. The largest absolute Gasteiger partial charge is 0.493 e. The molecule has 0 saturated carbocycles. The quantitative estimate of drug-likeness (QED) is 0.733. The molecule has 2 aliphatic rings. The van der Waals surface area contributed by atoms with Crippen molar-refractivity contribution in [2.75, 3.05) is 27.9 Å². The number of hydrogen-bond acceptors (Lipinski definition) is 5. The SMILES string of the molecule is COc1cc(/C=C2\S[C@@H]([NH+]3CCc4ccccc4C3)NC2=O)cc(OC)c1OC. The van der Waals surface area contributed by atoms with E-state index in [0.29, 0.717) is 22.2 Å². The first-order chi connectivity index (χ1) is 14.1. The van der Waals surface area contributed by atoms with Crippen LogP contribution >= 0.6 is 11.8 Å². The fourth-order valence-electron chi connectivity index (χ4n) is 3.85. The van der Waals surface area contributed by atoms with Gasteiger partial charge in [-0.1, -0.05) is 24.3 Å². The van der Waals surface area contributed by atoms with Crippen LogP contribution in [-0.2, 0) is 17.8 Å². The number of amides is 1. The van der Waals surface area contributed by atoms with Crippen LogP contribution in [0.5, 0.6) is 17.2 Å². The number of benzene rings is 2. The Morgan fingerprint density at radius 2 is 1.76 bits per heavy atom. The summed E-state index contributed by atoms with van der Waals surface area (Å²) in [5, 5.41) is 3.14. The van der Waals surface area contributed by atoms with E-state index in [1.54, 1.807) is 33.1 Å². The molecule has 29 heavy (non-hydrogen) atoms. The highest BCUT2D eigenvalue weighted by atomic mass is 32.2. The van der Waals surface area contributed by atoms with E-state index in [1.807, 2.05) is 18.2 Å². The summed E-state index contributed by atoms with van der Waals surface area (Å²) in [7, 11) is 4.74. The van der Waals surface area contributed by atoms with E-state index in [0.717, 1.165) is 25.1 Å². The maximum Gasteiger partial charge on any atom is 0.263 e. The molecule has 0 spiro atoms. The van der Waals surface area contributed by atoms with Crippen LogP contribution in [-0.4, -0.2) is 39.3 Å². The van der Waals surface area contributed by atoms with Crippen LogP contribution in [0.4, 0.5) is 0 Å². The van der Waals surface area contributed by atoms with Gasteiger partial charge in [-0.3, -0.25) is 10.1 Å². The Hall–Kier alpha value is -2.64. The van der Waals surface area contributed by atoms with Crippen molar-refractivity contribution in [3.05, 3.63) is 58.0 Å². The number of nitrogens with one attached hydrogen (secondary N) is 2. The predicted octanol–water partition coefficient (Wildman–Crippen LogP) is 1.84. The van der Waals surface area contributed by atoms with Crippen molar-refractivity contribution in [3.63, 3.8) is 0 Å². The second kappa shape index (κ2) is 8.39. The lowest BCUT2D eigenvalue weighted by molar-refractivity contribution is -0.927. The first-order valence-corrected chi connectivity index (χ1v) is 10.4. The summed E-state index contributed by atoms with van der Waals surface area (Å²) in [6.07, 6.45) is 2.91. The molecule has 1 fully saturated rings. The van der Waals surface area contributed by atoms with Crippen molar-refractivity contribution < 1.29 is 23.9 Å². The van der Waals surface area contributed by atoms with Crippen molar-refractivity contribution in [1.82, 2.24) is 5.32 Å². The Morgan fingerprint density at radius 1 is 1.07 bits per heavy atom. The summed E-state index contributed by atoms with van der Waals surface area (Å²) in [5.74, 6) is 1.63. The summed E-state index contributed by atoms with van der Waals surface area (Å²) in [5.41, 5.74) is 3.63. The third-order valence-corrected chi connectivity index (χ3v) is 6.58. The Kier molecular flexibility index (Phi) is 5.69. The van der Waals surface area contributed by atoms with Crippen molar-refractivity contribution in [2.24, 2.45) is 0 Å². The highest BCUT2D eigenvalue weighted by Crippen LogP contribution is 2.39. The molecule has 0 aromatic heterocycles. The van der Waals surface area contributed by atoms with E-state index in [4.69, 9.17) is 14.2 Å². The molecule has 7 heteroatoms. The van der Waals surface area contributed by atoms with Gasteiger partial charge in [0.2, 0.25) is 11.2 Å². The number of hydrogen-bond donors (Lipinski definition) is 2. The van der Waals surface area contributed by atoms with Crippen LogP contribution in [0.1, 0.15) is 16.7 Å². The van der Waals surface area contributed by atoms with Crippen LogP contribution < -0.4 is 24.4 Å². The van der Waals surface area contributed by atoms with E-state index in [-0.39, 0.29) is 11.4 Å². The minimum absolute atomic E-state index is 0.0177. The van der Waals surface area contributed by atoms with Gasteiger partial charge in [-0.2, -0.15) is 0 Å². The van der Waals surface area contributed by atoms with Crippen LogP contribution in [0.25, 0.3) is 6.08 Å². The van der Waals surface area contributed by atoms with E-state index in [1.165, 1.54) is 16.0 Å². The number of methoxy groups -OCH3 is 3. The van der Waals surface area contributed by atoms with Gasteiger partial charge in [0.1, 0.15) is 6.54 Å². The Morgan fingerprint density at radius 3 is 2.41 bits per heavy atom. The number of rotatable bonds is 5. The van der Waals surface area contributed by atoms with Gasteiger partial charge in [0.05, 0.1) is 32.8 Å². The van der Waals surface area contributed by atoms with Gasteiger partial charge < -0.3 is 19.1 Å². The predicted molar refractivity (Wildman–Crippen MR) is 113 cm³/mol. The molecule has 2 N–H and O–H groups in total. The van der Waals surface area contributed by atoms with Gasteiger partial charge in [-0.05, 0) is 41.1 Å². The maximum absolute atomic E-state index is 12.6. The molecule has 1 unspecified atom stereocenters. The standard InChI is InChI=1S/C22H24N2O4S/c1-26-17-10-14(11-18(27-2)20(17)28-3)12-19-21(25)23-22(29-19)24-9-8-15-6-4-5-7-16(15)13-24/h4-7,10-12,22H,8-9,13H2,1-3H3,(H,23,25)/p+1/b19-12-/t22-/m1/s1. The van der Waals surface area contributed by atoms with Crippen molar-refractivity contribution in [3.8, 4) is 17.2 Å². The molecule has 2 heterocycles. The monoisotopic (exact) mass is 413 g/mol. The number of thioether (sulfide) groups is 1. The third-order valence-electron chi connectivity index (χ3n) is 5.34. The van der Waals surface area contributed by atoms with Crippen molar-refractivity contribution >= 4 is 23.7 Å². The molecule has 0 aliphatic carbocycles. The average Bonchev–Trinajstić information content (AvgIpc) is 3.12. The van der Waals surface area contributed by atoms with Crippen LogP contribution in [0, 0.1) is 0 Å². The fourth-order valence-corrected chi connectivity index (χ4v) is 5.00. The maximum atomic E-state index is 12.6. The normalized spacial score (nSPS) is 22.2. The molecule has 2 atom stereocenters. The smallest absolute Gasteiger partial charge is 0.263 e. The van der Waals surface area contributed by atoms with Crippen molar-refractivity contribution in [1.29, 1.82) is 0 Å². The lowest BCUT2D eigenvalue weighted by atomic mass is 10.0. The van der Waals surface area contributed by atoms with Gasteiger partial charge >= 0.3 is 0 Å². The number of quaternary nitrogens is 1. The summed E-state index contributed by atoms with van der Waals surface area (Å²) >= 11 is 1.58. The van der Waals surface area contributed by atoms with Crippen LogP contribution in [0.3, 0.4) is 0 Å². The number of ether oxygens (including phenoxy) is 3. The zero-order valence-electron chi connectivity index (χ0n) is 16.8. The molecule has 0 radical (unpaired) electrons. The van der Waals surface area contributed by atoms with E-state index in [2.05, 4.69) is 29.6 Å². The van der Waals surface area contributed by atoms with E-state index in [9.17, 15) is 4.79 Å². The fraction of sp³-hybridized carbons (Fsp3) is 0.318. The van der Waals surface area contributed by atoms with E-state index < -0.39 is 0 Å². The van der Waals surface area contributed by atoms with Gasteiger partial charge in [0.25, 0.3) is 5.91 Å². The summed E-state index contributed by atoms with van der Waals surface area (Å²) in [6.45, 7) is 1.93. The summed E-state index contributed by atoms with van der Waals surface area (Å²) in [4.78, 5) is 14.7. The molecule has 1 amide bonds. The van der Waals surface area contributed by atoms with Gasteiger partial charge in [0.15, 0.2) is 11.5 Å². The molecule has 0 bridgehead atoms. The molecule has 2 aromatic rings. The molecule has 152 valence electrons. The van der Waals surface area contributed by atoms with Gasteiger partial charge in [-0.25, -0.2) is 0 Å². The highest BCUT2D eigenvalue weighted by Gasteiger charge is 2.36. The lowest BCUT2D eigenvalue weighted by Crippen LogP contribution is -3.16. The lowest BCUT2D eigenvalue weighted by Gasteiger charge is -2.29. The topological polar surface area (TPSA) is 61.2 Å². The summed E-state index contributed by atoms with van der Waals surface area (Å²) < 4.78 is 16.2. The van der Waals surface area contributed by atoms with Crippen LogP contribution in [0.15, 0.2) is 41.3 Å². The van der Waals surface area contributed by atoms with Crippen molar-refractivity contribution in [2.45, 2.75) is 18.5 Å². The Bertz CT molecular complexity index is 935. The minimum atomic E-state index is -0.0416. The highest BCUT2D eigenvalue weighted by molar-refractivity contribution is 8.05. The first-order valence-electron chi connectivity index (χ1n) is 9.53. The number of carbonyl (C=O) groups is 1. The van der Waals surface area contributed by atoms with Gasteiger partial charge in [0, 0.05) is 12.0 Å². The second-order valence-electron chi connectivity index (χ2n) is 7.04. The van der Waals surface area contributed by atoms with E-state index >= 15 is 0 Å². The molecular weight excluding hydrogens is 388 g/mol.